The molecule has 2 fully saturated rings. The van der Waals surface area contributed by atoms with Gasteiger partial charge in [-0.15, -0.1) is 0 Å². The second-order valence-electron chi connectivity index (χ2n) is 7.34. The molecule has 0 radical (unpaired) electrons. The summed E-state index contributed by atoms with van der Waals surface area (Å²) in [7, 11) is 0. The van der Waals surface area contributed by atoms with E-state index in [9.17, 15) is 14.9 Å². The molecule has 1 amide bonds. The number of nitro benzene ring substituents is 1. The first kappa shape index (κ1) is 18.6. The number of rotatable bonds is 9. The average Bonchev–Trinajstić information content (AvgIpc) is 3.48. The number of amides is 1. The number of nitrogens with zero attached hydrogens (tertiary/aromatic N) is 2. The minimum atomic E-state index is -0.410. The van der Waals surface area contributed by atoms with Gasteiger partial charge in [0.2, 0.25) is 5.91 Å². The minimum Gasteiger partial charge on any atom is -0.385 e. The molecule has 0 atom stereocenters. The normalized spacial score (nSPS) is 17.9. The Morgan fingerprint density at radius 2 is 1.85 bits per heavy atom. The number of non-ortho nitro benzene ring substituents is 1. The van der Waals surface area contributed by atoms with E-state index in [-0.39, 0.29) is 11.6 Å². The van der Waals surface area contributed by atoms with Gasteiger partial charge in [0.05, 0.1) is 4.92 Å². The molecule has 1 heterocycles. The second kappa shape index (κ2) is 8.98. The highest BCUT2D eigenvalue weighted by Crippen LogP contribution is 2.28. The predicted octanol–water partition coefficient (Wildman–Crippen LogP) is 2.78. The summed E-state index contributed by atoms with van der Waals surface area (Å²) in [5.41, 5.74) is 0.923. The number of anilines is 1. The molecule has 0 unspecified atom stereocenters. The van der Waals surface area contributed by atoms with Crippen molar-refractivity contribution in [2.24, 2.45) is 5.92 Å². The van der Waals surface area contributed by atoms with Crippen LogP contribution >= 0.6 is 0 Å². The fourth-order valence-corrected chi connectivity index (χ4v) is 3.32. The van der Waals surface area contributed by atoms with Gasteiger partial charge in [0.15, 0.2) is 0 Å². The van der Waals surface area contributed by atoms with Gasteiger partial charge in [-0.05, 0) is 56.7 Å². The van der Waals surface area contributed by atoms with Crippen molar-refractivity contribution in [1.29, 1.82) is 0 Å². The first-order chi connectivity index (χ1) is 12.6. The third-order valence-corrected chi connectivity index (χ3v) is 5.21. The number of nitro groups is 1. The molecule has 1 aliphatic carbocycles. The van der Waals surface area contributed by atoms with Crippen LogP contribution in [0, 0.1) is 16.0 Å². The molecule has 1 aliphatic heterocycles. The van der Waals surface area contributed by atoms with E-state index in [2.05, 4.69) is 10.6 Å². The molecule has 26 heavy (non-hydrogen) atoms. The van der Waals surface area contributed by atoms with E-state index in [4.69, 9.17) is 0 Å². The number of carbonyl (C=O) groups is 1. The summed E-state index contributed by atoms with van der Waals surface area (Å²) < 4.78 is 0. The number of hydrogen-bond donors (Lipinski definition) is 2. The molecule has 0 spiro atoms. The third-order valence-electron chi connectivity index (χ3n) is 5.21. The maximum Gasteiger partial charge on any atom is 0.269 e. The molecule has 0 bridgehead atoms. The van der Waals surface area contributed by atoms with Gasteiger partial charge in [0, 0.05) is 49.9 Å². The van der Waals surface area contributed by atoms with E-state index in [1.54, 1.807) is 12.1 Å². The van der Waals surface area contributed by atoms with Crippen molar-refractivity contribution >= 4 is 17.3 Å². The van der Waals surface area contributed by atoms with Gasteiger partial charge in [-0.3, -0.25) is 14.9 Å². The molecule has 1 saturated heterocycles. The Labute approximate surface area is 154 Å². The maximum atomic E-state index is 12.3. The third kappa shape index (κ3) is 5.69. The Balaban J connectivity index is 1.28. The van der Waals surface area contributed by atoms with Crippen molar-refractivity contribution in [2.45, 2.75) is 44.6 Å². The largest absolute Gasteiger partial charge is 0.385 e. The Kier molecular flexibility index (Phi) is 6.44. The van der Waals surface area contributed by atoms with Crippen molar-refractivity contribution in [1.82, 2.24) is 10.2 Å². The molecule has 7 nitrogen and oxygen atoms in total. The van der Waals surface area contributed by atoms with E-state index >= 15 is 0 Å². The quantitative estimate of drug-likeness (QED) is 0.402. The SMILES string of the molecule is O=C(CCCNc1ccc([N+](=O)[O-])cc1)N1CCC(NCC2CC2)CC1. The highest BCUT2D eigenvalue weighted by molar-refractivity contribution is 5.76. The molecule has 2 N–H and O–H groups in total. The molecular weight excluding hydrogens is 332 g/mol. The molecular formula is C19H28N4O3. The first-order valence-electron chi connectivity index (χ1n) is 9.61. The zero-order valence-corrected chi connectivity index (χ0v) is 15.2. The van der Waals surface area contributed by atoms with E-state index in [1.807, 2.05) is 4.90 Å². The van der Waals surface area contributed by atoms with Gasteiger partial charge in [-0.1, -0.05) is 0 Å². The van der Waals surface area contributed by atoms with Crippen LogP contribution in [0.4, 0.5) is 11.4 Å². The predicted molar refractivity (Wildman–Crippen MR) is 101 cm³/mol. The maximum absolute atomic E-state index is 12.3. The molecule has 2 aliphatic rings. The Bertz CT molecular complexity index is 608. The summed E-state index contributed by atoms with van der Waals surface area (Å²) >= 11 is 0. The summed E-state index contributed by atoms with van der Waals surface area (Å²) in [6.07, 6.45) is 6.16. The van der Waals surface area contributed by atoms with Gasteiger partial charge in [0.25, 0.3) is 5.69 Å². The summed E-state index contributed by atoms with van der Waals surface area (Å²) in [4.78, 5) is 24.5. The van der Waals surface area contributed by atoms with Crippen LogP contribution in [0.2, 0.25) is 0 Å². The summed E-state index contributed by atoms with van der Waals surface area (Å²) in [5, 5.41) is 17.5. The Morgan fingerprint density at radius 3 is 2.46 bits per heavy atom. The lowest BCUT2D eigenvalue weighted by atomic mass is 10.0. The fraction of sp³-hybridized carbons (Fsp3) is 0.632. The van der Waals surface area contributed by atoms with Crippen LogP contribution < -0.4 is 10.6 Å². The molecule has 142 valence electrons. The molecule has 0 aromatic heterocycles. The molecule has 1 aromatic rings. The van der Waals surface area contributed by atoms with Crippen LogP contribution in [0.15, 0.2) is 24.3 Å². The van der Waals surface area contributed by atoms with Crippen LogP contribution in [0.1, 0.15) is 38.5 Å². The van der Waals surface area contributed by atoms with E-state index in [0.29, 0.717) is 19.0 Å². The average molecular weight is 360 g/mol. The van der Waals surface area contributed by atoms with Crippen LogP contribution in [0.25, 0.3) is 0 Å². The van der Waals surface area contributed by atoms with E-state index in [0.717, 1.165) is 50.5 Å². The number of hydrogen-bond acceptors (Lipinski definition) is 5. The lowest BCUT2D eigenvalue weighted by Gasteiger charge is -2.32. The summed E-state index contributed by atoms with van der Waals surface area (Å²) in [5.74, 6) is 1.13. The van der Waals surface area contributed by atoms with Gasteiger partial charge >= 0.3 is 0 Å². The molecule has 1 aromatic carbocycles. The van der Waals surface area contributed by atoms with Crippen LogP contribution in [-0.4, -0.2) is 48.0 Å². The van der Waals surface area contributed by atoms with Gasteiger partial charge < -0.3 is 15.5 Å². The summed E-state index contributed by atoms with van der Waals surface area (Å²) in [6, 6.07) is 6.92. The standard InChI is InChI=1S/C19H28N4O3/c24-19(22-12-9-17(10-13-22)21-14-15-3-4-15)2-1-11-20-16-5-7-18(8-6-16)23(25)26/h5-8,15,17,20-21H,1-4,9-14H2. The second-order valence-corrected chi connectivity index (χ2v) is 7.34. The summed E-state index contributed by atoms with van der Waals surface area (Å²) in [6.45, 7) is 3.55. The zero-order chi connectivity index (χ0) is 18.4. The van der Waals surface area contributed by atoms with Crippen molar-refractivity contribution in [2.75, 3.05) is 31.5 Å². The Hall–Kier alpha value is -2.15. The number of piperidine rings is 1. The van der Waals surface area contributed by atoms with Gasteiger partial charge in [0.1, 0.15) is 0 Å². The lowest BCUT2D eigenvalue weighted by Crippen LogP contribution is -2.45. The van der Waals surface area contributed by atoms with Crippen molar-refractivity contribution in [3.05, 3.63) is 34.4 Å². The smallest absolute Gasteiger partial charge is 0.269 e. The fourth-order valence-electron chi connectivity index (χ4n) is 3.32. The highest BCUT2D eigenvalue weighted by Gasteiger charge is 2.25. The van der Waals surface area contributed by atoms with E-state index < -0.39 is 4.92 Å². The van der Waals surface area contributed by atoms with E-state index in [1.165, 1.54) is 25.0 Å². The zero-order valence-electron chi connectivity index (χ0n) is 15.2. The topological polar surface area (TPSA) is 87.5 Å². The lowest BCUT2D eigenvalue weighted by molar-refractivity contribution is -0.384. The number of carbonyl (C=O) groups excluding carboxylic acids is 1. The number of benzene rings is 1. The van der Waals surface area contributed by atoms with Crippen molar-refractivity contribution < 1.29 is 9.72 Å². The number of nitrogens with one attached hydrogen (secondary N) is 2. The molecule has 1 saturated carbocycles. The minimum absolute atomic E-state index is 0.0840. The molecule has 3 rings (SSSR count). The van der Waals surface area contributed by atoms with Gasteiger partial charge in [-0.25, -0.2) is 0 Å². The van der Waals surface area contributed by atoms with Gasteiger partial charge in [-0.2, -0.15) is 0 Å². The van der Waals surface area contributed by atoms with Crippen LogP contribution in [0.5, 0.6) is 0 Å². The van der Waals surface area contributed by atoms with Crippen LogP contribution in [-0.2, 0) is 4.79 Å². The monoisotopic (exact) mass is 360 g/mol. The highest BCUT2D eigenvalue weighted by atomic mass is 16.6. The van der Waals surface area contributed by atoms with Crippen molar-refractivity contribution in [3.8, 4) is 0 Å². The molecule has 7 heteroatoms. The first-order valence-corrected chi connectivity index (χ1v) is 9.61. The van der Waals surface area contributed by atoms with Crippen LogP contribution in [0.3, 0.4) is 0 Å². The Morgan fingerprint density at radius 1 is 1.15 bits per heavy atom. The van der Waals surface area contributed by atoms with Crippen molar-refractivity contribution in [3.63, 3.8) is 0 Å². The number of likely N-dealkylation sites (tertiary alicyclic amines) is 1.